The number of hydrogen-bond donors (Lipinski definition) is 2. The Morgan fingerprint density at radius 2 is 1.29 bits per heavy atom. The fourth-order valence-corrected chi connectivity index (χ4v) is 3.63. The molecule has 2 aromatic carbocycles. The first kappa shape index (κ1) is 19.9. The third-order valence-corrected chi connectivity index (χ3v) is 5.08. The second-order valence-electron chi connectivity index (χ2n) is 8.29. The van der Waals surface area contributed by atoms with E-state index in [4.69, 9.17) is 0 Å². The molecule has 0 bridgehead atoms. The molecular formula is C24H28N2O2. The summed E-state index contributed by atoms with van der Waals surface area (Å²) in [7, 11) is 0. The van der Waals surface area contributed by atoms with E-state index >= 15 is 0 Å². The largest absolute Gasteiger partial charge is 0.346 e. The van der Waals surface area contributed by atoms with E-state index in [1.807, 2.05) is 60.7 Å². The Kier molecular flexibility index (Phi) is 5.98. The Labute approximate surface area is 167 Å². The second-order valence-corrected chi connectivity index (χ2v) is 8.29. The van der Waals surface area contributed by atoms with E-state index in [1.165, 1.54) is 0 Å². The van der Waals surface area contributed by atoms with E-state index in [9.17, 15) is 9.59 Å². The molecule has 1 aliphatic rings. The first-order valence-corrected chi connectivity index (χ1v) is 9.78. The minimum absolute atomic E-state index is 0.0300. The van der Waals surface area contributed by atoms with E-state index in [0.717, 1.165) is 18.4 Å². The zero-order valence-corrected chi connectivity index (χ0v) is 16.7. The maximum Gasteiger partial charge on any atom is 0.251 e. The van der Waals surface area contributed by atoms with Gasteiger partial charge in [-0.25, -0.2) is 0 Å². The van der Waals surface area contributed by atoms with Crippen LogP contribution in [0, 0.1) is 5.41 Å². The van der Waals surface area contributed by atoms with Crippen LogP contribution in [0.2, 0.25) is 0 Å². The number of carbonyl (C=O) groups is 2. The van der Waals surface area contributed by atoms with Gasteiger partial charge in [-0.1, -0.05) is 63.2 Å². The lowest BCUT2D eigenvalue weighted by molar-refractivity contribution is 0.0916. The first-order chi connectivity index (χ1) is 13.3. The van der Waals surface area contributed by atoms with Gasteiger partial charge in [-0.05, 0) is 48.1 Å². The number of benzene rings is 2. The van der Waals surface area contributed by atoms with Gasteiger partial charge < -0.3 is 10.6 Å². The highest BCUT2D eigenvalue weighted by Gasteiger charge is 2.32. The van der Waals surface area contributed by atoms with Gasteiger partial charge in [0.15, 0.2) is 0 Å². The van der Waals surface area contributed by atoms with Crippen molar-refractivity contribution in [3.8, 4) is 0 Å². The molecular weight excluding hydrogens is 348 g/mol. The van der Waals surface area contributed by atoms with E-state index in [2.05, 4.69) is 37.5 Å². The number of rotatable bonds is 4. The third-order valence-electron chi connectivity index (χ3n) is 5.08. The summed E-state index contributed by atoms with van der Waals surface area (Å²) in [5, 5.41) is 6.29. The lowest BCUT2D eigenvalue weighted by atomic mass is 9.76. The van der Waals surface area contributed by atoms with Crippen LogP contribution in [0.25, 0.3) is 0 Å². The van der Waals surface area contributed by atoms with Crippen LogP contribution >= 0.6 is 0 Å². The Morgan fingerprint density at radius 3 is 1.79 bits per heavy atom. The molecule has 4 heteroatoms. The molecule has 2 N–H and O–H groups in total. The van der Waals surface area contributed by atoms with Crippen LogP contribution < -0.4 is 10.6 Å². The van der Waals surface area contributed by atoms with Crippen LogP contribution in [-0.4, -0.2) is 23.9 Å². The Bertz CT molecular complexity index is 851. The number of carbonyl (C=O) groups excluding carboxylic acids is 2. The highest BCUT2D eigenvalue weighted by molar-refractivity contribution is 5.95. The molecule has 0 spiro atoms. The van der Waals surface area contributed by atoms with Crippen LogP contribution in [0.15, 0.2) is 72.3 Å². The molecule has 0 radical (unpaired) electrons. The van der Waals surface area contributed by atoms with Gasteiger partial charge in [-0.15, -0.1) is 0 Å². The standard InChI is InChI=1S/C24H28N2O2/c1-24(2,3)20-16-19(25-22(27)17-10-6-4-7-11-17)14-15-21(20)26-23(28)18-12-8-5-9-13-18/h4-13,16,19,21H,14-15H2,1-3H3,(H,25,27)(H,26,28)/t19-,21+/m1/s1. The molecule has 0 saturated heterocycles. The summed E-state index contributed by atoms with van der Waals surface area (Å²) in [5.41, 5.74) is 2.37. The highest BCUT2D eigenvalue weighted by Crippen LogP contribution is 2.34. The Balaban J connectivity index is 1.74. The molecule has 1 aliphatic carbocycles. The third kappa shape index (κ3) is 4.89. The van der Waals surface area contributed by atoms with Crippen molar-refractivity contribution in [2.24, 2.45) is 5.41 Å². The van der Waals surface area contributed by atoms with Gasteiger partial charge >= 0.3 is 0 Å². The Morgan fingerprint density at radius 1 is 0.786 bits per heavy atom. The summed E-state index contributed by atoms with van der Waals surface area (Å²) in [6.45, 7) is 6.42. The molecule has 146 valence electrons. The molecule has 3 rings (SSSR count). The van der Waals surface area contributed by atoms with Gasteiger partial charge in [-0.3, -0.25) is 9.59 Å². The van der Waals surface area contributed by atoms with E-state index in [-0.39, 0.29) is 29.3 Å². The molecule has 2 atom stereocenters. The average Bonchev–Trinajstić information content (AvgIpc) is 2.69. The summed E-state index contributed by atoms with van der Waals surface area (Å²) >= 11 is 0. The van der Waals surface area contributed by atoms with Crippen molar-refractivity contribution in [3.05, 3.63) is 83.4 Å². The fraction of sp³-hybridized carbons (Fsp3) is 0.333. The van der Waals surface area contributed by atoms with Crippen LogP contribution in [0.1, 0.15) is 54.3 Å². The molecule has 0 aliphatic heterocycles. The van der Waals surface area contributed by atoms with Crippen molar-refractivity contribution >= 4 is 11.8 Å². The van der Waals surface area contributed by atoms with Crippen molar-refractivity contribution < 1.29 is 9.59 Å². The smallest absolute Gasteiger partial charge is 0.251 e. The van der Waals surface area contributed by atoms with Crippen molar-refractivity contribution in [3.63, 3.8) is 0 Å². The summed E-state index contributed by atoms with van der Waals surface area (Å²) in [5.74, 6) is -0.130. The fourth-order valence-electron chi connectivity index (χ4n) is 3.63. The van der Waals surface area contributed by atoms with Gasteiger partial charge in [0.25, 0.3) is 11.8 Å². The monoisotopic (exact) mass is 376 g/mol. The zero-order chi connectivity index (χ0) is 20.1. The zero-order valence-electron chi connectivity index (χ0n) is 16.7. The summed E-state index contributed by atoms with van der Waals surface area (Å²) < 4.78 is 0. The molecule has 0 saturated carbocycles. The van der Waals surface area contributed by atoms with Crippen LogP contribution in [-0.2, 0) is 0 Å². The lowest BCUT2D eigenvalue weighted by Crippen LogP contribution is -2.45. The Hall–Kier alpha value is -2.88. The van der Waals surface area contributed by atoms with Gasteiger partial charge in [-0.2, -0.15) is 0 Å². The van der Waals surface area contributed by atoms with Gasteiger partial charge in [0.2, 0.25) is 0 Å². The minimum atomic E-state index is -0.106. The van der Waals surface area contributed by atoms with Crippen LogP contribution in [0.5, 0.6) is 0 Å². The van der Waals surface area contributed by atoms with Gasteiger partial charge in [0.05, 0.1) is 6.04 Å². The predicted octanol–water partition coefficient (Wildman–Crippen LogP) is 4.35. The minimum Gasteiger partial charge on any atom is -0.346 e. The molecule has 0 heterocycles. The summed E-state index contributed by atoms with van der Waals surface area (Å²) in [6.07, 6.45) is 3.71. The van der Waals surface area contributed by atoms with Crippen molar-refractivity contribution in [2.75, 3.05) is 0 Å². The normalized spacial score (nSPS) is 19.5. The first-order valence-electron chi connectivity index (χ1n) is 9.78. The molecule has 2 amide bonds. The molecule has 0 aromatic heterocycles. The lowest BCUT2D eigenvalue weighted by Gasteiger charge is -2.36. The van der Waals surface area contributed by atoms with E-state index < -0.39 is 0 Å². The van der Waals surface area contributed by atoms with Gasteiger partial charge in [0, 0.05) is 17.2 Å². The van der Waals surface area contributed by atoms with Crippen LogP contribution in [0.3, 0.4) is 0 Å². The van der Waals surface area contributed by atoms with Crippen LogP contribution in [0.4, 0.5) is 0 Å². The molecule has 4 nitrogen and oxygen atoms in total. The number of nitrogens with one attached hydrogen (secondary N) is 2. The second kappa shape index (κ2) is 8.42. The SMILES string of the molecule is CC(C)(C)C1=C[C@H](NC(=O)c2ccccc2)CC[C@@H]1NC(=O)c1ccccc1. The summed E-state index contributed by atoms with van der Waals surface area (Å²) in [4.78, 5) is 25.1. The number of hydrogen-bond acceptors (Lipinski definition) is 2. The summed E-state index contributed by atoms with van der Waals surface area (Å²) in [6, 6.07) is 18.5. The van der Waals surface area contributed by atoms with E-state index in [1.54, 1.807) is 0 Å². The van der Waals surface area contributed by atoms with Crippen molar-refractivity contribution in [1.29, 1.82) is 0 Å². The predicted molar refractivity (Wildman–Crippen MR) is 112 cm³/mol. The topological polar surface area (TPSA) is 58.2 Å². The van der Waals surface area contributed by atoms with Crippen molar-refractivity contribution in [1.82, 2.24) is 10.6 Å². The quantitative estimate of drug-likeness (QED) is 0.780. The molecule has 0 unspecified atom stereocenters. The number of amides is 2. The average molecular weight is 377 g/mol. The van der Waals surface area contributed by atoms with Crippen molar-refractivity contribution in [2.45, 2.75) is 45.7 Å². The molecule has 2 aromatic rings. The molecule has 0 fully saturated rings. The molecule has 28 heavy (non-hydrogen) atoms. The maximum absolute atomic E-state index is 12.6. The highest BCUT2D eigenvalue weighted by atomic mass is 16.2. The maximum atomic E-state index is 12.6. The van der Waals surface area contributed by atoms with E-state index in [0.29, 0.717) is 11.1 Å². The van der Waals surface area contributed by atoms with Gasteiger partial charge in [0.1, 0.15) is 0 Å².